The van der Waals surface area contributed by atoms with Gasteiger partial charge >= 0.3 is 0 Å². The topological polar surface area (TPSA) is 86.2 Å². The Morgan fingerprint density at radius 1 is 1.43 bits per heavy atom. The summed E-state index contributed by atoms with van der Waals surface area (Å²) in [7, 11) is 0. The molecule has 4 heteroatoms. The summed E-state index contributed by atoms with van der Waals surface area (Å²) in [5, 5.41) is 0. The third-order valence-electron chi connectivity index (χ3n) is 2.51. The zero-order valence-electron chi connectivity index (χ0n) is 8.28. The van der Waals surface area contributed by atoms with Crippen molar-refractivity contribution in [2.75, 3.05) is 0 Å². The Kier molecular flexibility index (Phi) is 2.69. The summed E-state index contributed by atoms with van der Waals surface area (Å²) in [6, 6.07) is -0.748. The minimum atomic E-state index is -1.24. The number of nitrogens with two attached hydrogens (primary N) is 2. The summed E-state index contributed by atoms with van der Waals surface area (Å²) >= 11 is 0. The monoisotopic (exact) mass is 194 g/mol. The molecule has 2 unspecified atom stereocenters. The molecule has 1 aliphatic carbocycles. The van der Waals surface area contributed by atoms with Gasteiger partial charge in [0, 0.05) is 5.57 Å². The highest BCUT2D eigenvalue weighted by molar-refractivity contribution is 5.99. The molecule has 0 amide bonds. The lowest BCUT2D eigenvalue weighted by Gasteiger charge is -2.32. The van der Waals surface area contributed by atoms with E-state index in [9.17, 15) is 9.59 Å². The maximum atomic E-state index is 11.3. The van der Waals surface area contributed by atoms with E-state index in [0.717, 1.165) is 0 Å². The summed E-state index contributed by atoms with van der Waals surface area (Å²) < 4.78 is 0. The van der Waals surface area contributed by atoms with Crippen molar-refractivity contribution in [2.45, 2.75) is 25.4 Å². The molecule has 1 rings (SSSR count). The molecular formula is C10H14N2O2. The molecule has 0 spiro atoms. The smallest absolute Gasteiger partial charge is 0.157 e. The van der Waals surface area contributed by atoms with E-state index in [1.165, 1.54) is 19.9 Å². The van der Waals surface area contributed by atoms with Gasteiger partial charge in [-0.2, -0.15) is 0 Å². The van der Waals surface area contributed by atoms with E-state index in [-0.39, 0.29) is 11.6 Å². The highest BCUT2D eigenvalue weighted by atomic mass is 16.1. The van der Waals surface area contributed by atoms with Crippen molar-refractivity contribution >= 4 is 11.6 Å². The van der Waals surface area contributed by atoms with Gasteiger partial charge in [0.2, 0.25) is 0 Å². The molecule has 2 atom stereocenters. The summed E-state index contributed by atoms with van der Waals surface area (Å²) in [5.74, 6) is -0.397. The molecule has 4 N–H and O–H groups in total. The van der Waals surface area contributed by atoms with Gasteiger partial charge in [-0.1, -0.05) is 18.2 Å². The number of Topliss-reactive ketones (excluding diaryl/α,β-unsaturated/α-hetero) is 2. The fourth-order valence-electron chi connectivity index (χ4n) is 1.45. The zero-order chi connectivity index (χ0) is 10.9. The van der Waals surface area contributed by atoms with E-state index in [1.807, 2.05) is 0 Å². The predicted octanol–water partition coefficient (Wildman–Crippen LogP) is -0.315. The first-order valence-corrected chi connectivity index (χ1v) is 4.35. The lowest BCUT2D eigenvalue weighted by Crippen LogP contribution is -2.61. The van der Waals surface area contributed by atoms with Crippen LogP contribution in [0.25, 0.3) is 0 Å². The Labute approximate surface area is 82.6 Å². The molecule has 0 aliphatic heterocycles. The Morgan fingerprint density at radius 2 is 2.00 bits per heavy atom. The fourth-order valence-corrected chi connectivity index (χ4v) is 1.45. The van der Waals surface area contributed by atoms with Crippen LogP contribution in [0.4, 0.5) is 0 Å². The van der Waals surface area contributed by atoms with Crippen LogP contribution in [0.2, 0.25) is 0 Å². The van der Waals surface area contributed by atoms with Gasteiger partial charge in [0.15, 0.2) is 11.6 Å². The lowest BCUT2D eigenvalue weighted by molar-refractivity contribution is -0.121. The van der Waals surface area contributed by atoms with Gasteiger partial charge in [0.1, 0.15) is 5.54 Å². The number of hydrogen-bond donors (Lipinski definition) is 2. The predicted molar refractivity (Wildman–Crippen MR) is 53.5 cm³/mol. The van der Waals surface area contributed by atoms with Crippen LogP contribution >= 0.6 is 0 Å². The van der Waals surface area contributed by atoms with Crippen LogP contribution in [0.15, 0.2) is 23.8 Å². The minimum absolute atomic E-state index is 0.155. The zero-order valence-corrected chi connectivity index (χ0v) is 8.28. The quantitative estimate of drug-likeness (QED) is 0.631. The van der Waals surface area contributed by atoms with E-state index in [2.05, 4.69) is 0 Å². The van der Waals surface area contributed by atoms with Crippen molar-refractivity contribution in [1.29, 1.82) is 0 Å². The van der Waals surface area contributed by atoms with Crippen LogP contribution in [0.3, 0.4) is 0 Å². The maximum absolute atomic E-state index is 11.3. The van der Waals surface area contributed by atoms with E-state index in [0.29, 0.717) is 5.57 Å². The van der Waals surface area contributed by atoms with Gasteiger partial charge in [-0.3, -0.25) is 9.59 Å². The van der Waals surface area contributed by atoms with Crippen LogP contribution < -0.4 is 11.5 Å². The molecule has 0 heterocycles. The first-order chi connectivity index (χ1) is 6.39. The second-order valence-electron chi connectivity index (χ2n) is 3.50. The third-order valence-corrected chi connectivity index (χ3v) is 2.51. The SMILES string of the molecule is CC(=O)C1=CC=CC(N)(C(C)=O)C1N. The summed E-state index contributed by atoms with van der Waals surface area (Å²) in [6.45, 7) is 2.78. The first kappa shape index (κ1) is 10.8. The standard InChI is InChI=1S/C10H14N2O2/c1-6(13)8-4-3-5-10(12,7(2)14)9(8)11/h3-5,9H,11-12H2,1-2H3. The molecule has 0 saturated carbocycles. The molecule has 0 saturated heterocycles. The number of ketones is 2. The van der Waals surface area contributed by atoms with Gasteiger partial charge in [-0.05, 0) is 13.8 Å². The number of hydrogen-bond acceptors (Lipinski definition) is 4. The van der Waals surface area contributed by atoms with E-state index < -0.39 is 11.6 Å². The van der Waals surface area contributed by atoms with Crippen LogP contribution in [-0.4, -0.2) is 23.1 Å². The second kappa shape index (κ2) is 3.48. The maximum Gasteiger partial charge on any atom is 0.157 e. The third kappa shape index (κ3) is 1.54. The summed E-state index contributed by atoms with van der Waals surface area (Å²) in [5.41, 5.74) is 10.7. The first-order valence-electron chi connectivity index (χ1n) is 4.35. The van der Waals surface area contributed by atoms with Gasteiger partial charge in [-0.15, -0.1) is 0 Å². The van der Waals surface area contributed by atoms with E-state index >= 15 is 0 Å². The molecule has 1 aliphatic rings. The Morgan fingerprint density at radius 3 is 2.43 bits per heavy atom. The highest BCUT2D eigenvalue weighted by Gasteiger charge is 2.39. The van der Waals surface area contributed by atoms with Crippen LogP contribution in [-0.2, 0) is 9.59 Å². The van der Waals surface area contributed by atoms with Crippen LogP contribution in [0.1, 0.15) is 13.8 Å². The van der Waals surface area contributed by atoms with Crippen molar-refractivity contribution in [3.8, 4) is 0 Å². The fraction of sp³-hybridized carbons (Fsp3) is 0.400. The summed E-state index contributed by atoms with van der Waals surface area (Å²) in [6.07, 6.45) is 4.73. The number of allylic oxidation sites excluding steroid dienone is 2. The minimum Gasteiger partial charge on any atom is -0.322 e. The average Bonchev–Trinajstić information content (AvgIpc) is 2.09. The van der Waals surface area contributed by atoms with E-state index in [1.54, 1.807) is 12.2 Å². The van der Waals surface area contributed by atoms with Crippen LogP contribution in [0, 0.1) is 0 Å². The highest BCUT2D eigenvalue weighted by Crippen LogP contribution is 2.21. The number of carbonyl (C=O) groups is 2. The Bertz CT molecular complexity index is 344. The average molecular weight is 194 g/mol. The molecule has 0 aromatic heterocycles. The Balaban J connectivity index is 3.11. The molecular weight excluding hydrogens is 180 g/mol. The number of rotatable bonds is 2. The lowest BCUT2D eigenvalue weighted by atomic mass is 9.79. The molecule has 0 bridgehead atoms. The molecule has 0 fully saturated rings. The van der Waals surface area contributed by atoms with Crippen molar-refractivity contribution in [3.05, 3.63) is 23.8 Å². The molecule has 0 aromatic rings. The van der Waals surface area contributed by atoms with Gasteiger partial charge < -0.3 is 11.5 Å². The molecule has 0 radical (unpaired) electrons. The van der Waals surface area contributed by atoms with Gasteiger partial charge in [0.25, 0.3) is 0 Å². The van der Waals surface area contributed by atoms with Crippen LogP contribution in [0.5, 0.6) is 0 Å². The largest absolute Gasteiger partial charge is 0.322 e. The molecule has 4 nitrogen and oxygen atoms in total. The van der Waals surface area contributed by atoms with Crippen molar-refractivity contribution < 1.29 is 9.59 Å². The molecule has 76 valence electrons. The summed E-state index contributed by atoms with van der Waals surface area (Å²) in [4.78, 5) is 22.5. The second-order valence-corrected chi connectivity index (χ2v) is 3.50. The van der Waals surface area contributed by atoms with E-state index in [4.69, 9.17) is 11.5 Å². The van der Waals surface area contributed by atoms with Crippen molar-refractivity contribution in [3.63, 3.8) is 0 Å². The van der Waals surface area contributed by atoms with Gasteiger partial charge in [0.05, 0.1) is 6.04 Å². The Hall–Kier alpha value is -1.26. The van der Waals surface area contributed by atoms with Crippen molar-refractivity contribution in [1.82, 2.24) is 0 Å². The number of carbonyl (C=O) groups excluding carboxylic acids is 2. The van der Waals surface area contributed by atoms with Gasteiger partial charge in [-0.25, -0.2) is 0 Å². The normalized spacial score (nSPS) is 31.1. The van der Waals surface area contributed by atoms with Crippen molar-refractivity contribution in [2.24, 2.45) is 11.5 Å². The molecule has 14 heavy (non-hydrogen) atoms. The molecule has 0 aromatic carbocycles.